The second-order valence-electron chi connectivity index (χ2n) is 4.03. The molecular formula is C13H13NO5S2. The van der Waals surface area contributed by atoms with Gasteiger partial charge in [-0.2, -0.15) is 0 Å². The number of methoxy groups -OCH3 is 1. The van der Waals surface area contributed by atoms with Crippen LogP contribution < -0.4 is 4.31 Å². The largest absolute Gasteiger partial charge is 0.477 e. The Kier molecular flexibility index (Phi) is 4.61. The van der Waals surface area contributed by atoms with Gasteiger partial charge in [-0.15, -0.1) is 11.3 Å². The minimum Gasteiger partial charge on any atom is -0.477 e. The van der Waals surface area contributed by atoms with Crippen molar-refractivity contribution < 1.29 is 23.1 Å². The summed E-state index contributed by atoms with van der Waals surface area (Å²) in [5.74, 6) is -1.27. The van der Waals surface area contributed by atoms with Crippen LogP contribution in [0.2, 0.25) is 0 Å². The highest BCUT2D eigenvalue weighted by Crippen LogP contribution is 2.28. The number of rotatable bonds is 6. The predicted molar refractivity (Wildman–Crippen MR) is 79.3 cm³/mol. The number of carbonyl (C=O) groups is 1. The van der Waals surface area contributed by atoms with Gasteiger partial charge >= 0.3 is 5.97 Å². The van der Waals surface area contributed by atoms with Crippen molar-refractivity contribution in [3.63, 3.8) is 0 Å². The van der Waals surface area contributed by atoms with Crippen molar-refractivity contribution in [2.45, 2.75) is 4.90 Å². The maximum Gasteiger partial charge on any atom is 0.347 e. The van der Waals surface area contributed by atoms with Gasteiger partial charge in [0.05, 0.1) is 5.69 Å². The molecule has 0 atom stereocenters. The smallest absolute Gasteiger partial charge is 0.347 e. The molecule has 0 aliphatic rings. The van der Waals surface area contributed by atoms with Gasteiger partial charge in [-0.1, -0.05) is 18.2 Å². The van der Waals surface area contributed by atoms with Gasteiger partial charge < -0.3 is 9.84 Å². The van der Waals surface area contributed by atoms with Crippen LogP contribution in [0.3, 0.4) is 0 Å². The minimum absolute atomic E-state index is 0.207. The third kappa shape index (κ3) is 3.07. The fraction of sp³-hybridized carbons (Fsp3) is 0.154. The van der Waals surface area contributed by atoms with E-state index in [4.69, 9.17) is 9.84 Å². The van der Waals surface area contributed by atoms with Crippen LogP contribution in [-0.2, 0) is 14.8 Å². The summed E-state index contributed by atoms with van der Waals surface area (Å²) in [7, 11) is -2.64. The number of para-hydroxylation sites is 1. The Balaban J connectivity index is 2.53. The number of aromatic carboxylic acids is 1. The molecule has 1 heterocycles. The molecule has 0 radical (unpaired) electrons. The number of anilines is 1. The normalized spacial score (nSPS) is 11.3. The fourth-order valence-electron chi connectivity index (χ4n) is 1.77. The third-order valence-corrected chi connectivity index (χ3v) is 5.51. The fourth-order valence-corrected chi connectivity index (χ4v) is 4.38. The van der Waals surface area contributed by atoms with E-state index in [1.165, 1.54) is 18.6 Å². The molecular weight excluding hydrogens is 314 g/mol. The van der Waals surface area contributed by atoms with Crippen LogP contribution in [0.15, 0.2) is 46.7 Å². The van der Waals surface area contributed by atoms with E-state index in [-0.39, 0.29) is 16.5 Å². The lowest BCUT2D eigenvalue weighted by molar-refractivity contribution is 0.0698. The molecule has 0 saturated heterocycles. The molecule has 0 fully saturated rings. The number of hydrogen-bond acceptors (Lipinski definition) is 5. The molecule has 6 nitrogen and oxygen atoms in total. The second-order valence-corrected chi connectivity index (χ2v) is 6.77. The summed E-state index contributed by atoms with van der Waals surface area (Å²) in [6.07, 6.45) is 0. The summed E-state index contributed by atoms with van der Waals surface area (Å²) in [5, 5.41) is 10.5. The number of sulfonamides is 1. The highest BCUT2D eigenvalue weighted by atomic mass is 32.2. The molecule has 21 heavy (non-hydrogen) atoms. The van der Waals surface area contributed by atoms with Crippen LogP contribution in [-0.4, -0.2) is 33.3 Å². The van der Waals surface area contributed by atoms with Gasteiger partial charge in [0.25, 0.3) is 10.0 Å². The van der Waals surface area contributed by atoms with Crippen LogP contribution in [0.25, 0.3) is 0 Å². The molecule has 112 valence electrons. The van der Waals surface area contributed by atoms with Crippen LogP contribution >= 0.6 is 11.3 Å². The van der Waals surface area contributed by atoms with E-state index in [9.17, 15) is 13.2 Å². The van der Waals surface area contributed by atoms with Gasteiger partial charge in [-0.05, 0) is 23.6 Å². The van der Waals surface area contributed by atoms with Crippen molar-refractivity contribution in [1.29, 1.82) is 0 Å². The van der Waals surface area contributed by atoms with Crippen LogP contribution in [0, 0.1) is 0 Å². The summed E-state index contributed by atoms with van der Waals surface area (Å²) in [5.41, 5.74) is 0.405. The van der Waals surface area contributed by atoms with E-state index in [1.807, 2.05) is 0 Å². The third-order valence-electron chi connectivity index (χ3n) is 2.68. The van der Waals surface area contributed by atoms with Gasteiger partial charge in [-0.25, -0.2) is 17.5 Å². The predicted octanol–water partition coefficient (Wildman–Crippen LogP) is 2.25. The summed E-state index contributed by atoms with van der Waals surface area (Å²) >= 11 is 0.869. The minimum atomic E-state index is -4.01. The topological polar surface area (TPSA) is 83.9 Å². The Morgan fingerprint density at radius 2 is 1.95 bits per heavy atom. The number of ether oxygens (including phenoxy) is 1. The zero-order valence-electron chi connectivity index (χ0n) is 11.1. The van der Waals surface area contributed by atoms with E-state index < -0.39 is 16.0 Å². The average molecular weight is 327 g/mol. The summed E-state index contributed by atoms with van der Waals surface area (Å²) in [6, 6.07) is 9.66. The molecule has 0 unspecified atom stereocenters. The second kappa shape index (κ2) is 6.25. The Bertz CT molecular complexity index is 724. The van der Waals surface area contributed by atoms with Crippen LogP contribution in [0.5, 0.6) is 0 Å². The first kappa shape index (κ1) is 15.5. The van der Waals surface area contributed by atoms with Crippen molar-refractivity contribution in [2.75, 3.05) is 18.1 Å². The highest BCUT2D eigenvalue weighted by molar-refractivity contribution is 7.93. The van der Waals surface area contributed by atoms with Crippen molar-refractivity contribution in [2.24, 2.45) is 0 Å². The van der Waals surface area contributed by atoms with Crippen LogP contribution in [0.1, 0.15) is 9.67 Å². The maximum absolute atomic E-state index is 12.7. The van der Waals surface area contributed by atoms with E-state index >= 15 is 0 Å². The quantitative estimate of drug-likeness (QED) is 0.823. The number of carboxylic acid groups (broad SMARTS) is 1. The van der Waals surface area contributed by atoms with Gasteiger partial charge in [0.1, 0.15) is 16.5 Å². The van der Waals surface area contributed by atoms with E-state index in [1.54, 1.807) is 30.3 Å². The van der Waals surface area contributed by atoms with E-state index in [0.29, 0.717) is 5.69 Å². The number of benzene rings is 1. The average Bonchev–Trinajstić information content (AvgIpc) is 2.96. The molecule has 0 saturated carbocycles. The van der Waals surface area contributed by atoms with Crippen molar-refractivity contribution in [3.8, 4) is 0 Å². The van der Waals surface area contributed by atoms with E-state index in [2.05, 4.69) is 0 Å². The Labute approximate surface area is 126 Å². The monoisotopic (exact) mass is 327 g/mol. The Morgan fingerprint density at radius 3 is 2.52 bits per heavy atom. The summed E-state index contributed by atoms with van der Waals surface area (Å²) in [6.45, 7) is -0.207. The van der Waals surface area contributed by atoms with Crippen LogP contribution in [0.4, 0.5) is 5.69 Å². The maximum atomic E-state index is 12.7. The standard InChI is InChI=1S/C13H13NO5S2/c1-19-9-14(10-5-3-2-4-6-10)21(17,18)11-7-8-20-12(11)13(15)16/h2-8H,9H2,1H3,(H,15,16). The molecule has 1 N–H and O–H groups in total. The van der Waals surface area contributed by atoms with E-state index in [0.717, 1.165) is 15.6 Å². The summed E-state index contributed by atoms with van der Waals surface area (Å²) < 4.78 is 31.4. The molecule has 0 aliphatic heterocycles. The molecule has 8 heteroatoms. The molecule has 0 spiro atoms. The van der Waals surface area contributed by atoms with Gasteiger partial charge in [0.2, 0.25) is 0 Å². The van der Waals surface area contributed by atoms with Crippen molar-refractivity contribution in [3.05, 3.63) is 46.7 Å². The lowest BCUT2D eigenvalue weighted by atomic mass is 10.3. The number of hydrogen-bond donors (Lipinski definition) is 1. The molecule has 0 bridgehead atoms. The molecule has 1 aromatic carbocycles. The number of carboxylic acids is 1. The molecule has 0 aliphatic carbocycles. The summed E-state index contributed by atoms with van der Waals surface area (Å²) in [4.78, 5) is 10.7. The lowest BCUT2D eigenvalue weighted by Gasteiger charge is -2.23. The molecule has 2 rings (SSSR count). The van der Waals surface area contributed by atoms with Gasteiger partial charge in [0, 0.05) is 7.11 Å². The first-order chi connectivity index (χ1) is 9.98. The van der Waals surface area contributed by atoms with Gasteiger partial charge in [-0.3, -0.25) is 0 Å². The highest BCUT2D eigenvalue weighted by Gasteiger charge is 2.30. The molecule has 1 aromatic heterocycles. The lowest BCUT2D eigenvalue weighted by Crippen LogP contribution is -2.33. The van der Waals surface area contributed by atoms with Gasteiger partial charge in [0.15, 0.2) is 0 Å². The van der Waals surface area contributed by atoms with Crippen molar-refractivity contribution >= 4 is 33.0 Å². The molecule has 2 aromatic rings. The SMILES string of the molecule is COCN(c1ccccc1)S(=O)(=O)c1ccsc1C(=O)O. The zero-order chi connectivity index (χ0) is 15.5. The first-order valence-electron chi connectivity index (χ1n) is 5.86. The number of nitrogens with zero attached hydrogens (tertiary/aromatic N) is 1. The zero-order valence-corrected chi connectivity index (χ0v) is 12.7. The van der Waals surface area contributed by atoms with Crippen molar-refractivity contribution in [1.82, 2.24) is 0 Å². The molecule has 0 amide bonds. The first-order valence-corrected chi connectivity index (χ1v) is 8.18. The Morgan fingerprint density at radius 1 is 1.29 bits per heavy atom. The Hall–Kier alpha value is -1.90. The number of thiophene rings is 1.